The summed E-state index contributed by atoms with van der Waals surface area (Å²) in [7, 11) is 0. The van der Waals surface area contributed by atoms with E-state index in [9.17, 15) is 0 Å². The highest BCUT2D eigenvalue weighted by molar-refractivity contribution is 9.10. The second-order valence-corrected chi connectivity index (χ2v) is 6.41. The summed E-state index contributed by atoms with van der Waals surface area (Å²) in [5.74, 6) is 0.915. The Bertz CT molecular complexity index is 542. The second kappa shape index (κ2) is 4.63. The summed E-state index contributed by atoms with van der Waals surface area (Å²) < 4.78 is 6.67. The van der Waals surface area contributed by atoms with Crippen LogP contribution in [0.4, 0.5) is 0 Å². The van der Waals surface area contributed by atoms with Crippen LogP contribution >= 0.6 is 27.5 Å². The Morgan fingerprint density at radius 2 is 2.00 bits per heavy atom. The monoisotopic (exact) mass is 315 g/mol. The molecule has 1 aromatic carbocycles. The van der Waals surface area contributed by atoms with Crippen molar-refractivity contribution in [1.29, 1.82) is 0 Å². The predicted octanol–water partition coefficient (Wildman–Crippen LogP) is 4.74. The van der Waals surface area contributed by atoms with E-state index < -0.39 is 0 Å². The van der Waals surface area contributed by atoms with Crippen LogP contribution in [0.25, 0.3) is 11.0 Å². The second-order valence-electron chi connectivity index (χ2n) is 5.12. The highest BCUT2D eigenvalue weighted by Crippen LogP contribution is 2.30. The Balaban J connectivity index is 2.29. The lowest BCUT2D eigenvalue weighted by Crippen LogP contribution is -2.34. The standard InChI is InChI=1S/C13H15BrClNO/c1-13(2,3)16-7-10-5-8-4-9(15)6-11(14)12(8)17-10/h4-6,16H,7H2,1-3H3. The molecule has 92 valence electrons. The maximum Gasteiger partial charge on any atom is 0.148 e. The van der Waals surface area contributed by atoms with Gasteiger partial charge in [0.2, 0.25) is 0 Å². The molecular weight excluding hydrogens is 302 g/mol. The van der Waals surface area contributed by atoms with Crippen molar-refractivity contribution in [2.45, 2.75) is 32.9 Å². The molecule has 0 aliphatic carbocycles. The molecule has 1 N–H and O–H groups in total. The molecule has 0 bridgehead atoms. The fourth-order valence-electron chi connectivity index (χ4n) is 1.57. The van der Waals surface area contributed by atoms with Crippen LogP contribution in [0, 0.1) is 0 Å². The van der Waals surface area contributed by atoms with Gasteiger partial charge in [-0.3, -0.25) is 0 Å². The van der Waals surface area contributed by atoms with E-state index in [4.69, 9.17) is 16.0 Å². The molecular formula is C13H15BrClNO. The van der Waals surface area contributed by atoms with E-state index in [1.807, 2.05) is 18.2 Å². The van der Waals surface area contributed by atoms with Crippen LogP contribution in [0.15, 0.2) is 27.1 Å². The average Bonchev–Trinajstić information content (AvgIpc) is 2.56. The first-order valence-electron chi connectivity index (χ1n) is 5.48. The van der Waals surface area contributed by atoms with Crippen LogP contribution in [-0.4, -0.2) is 5.54 Å². The number of nitrogens with one attached hydrogen (secondary N) is 1. The fraction of sp³-hybridized carbons (Fsp3) is 0.385. The molecule has 0 spiro atoms. The molecule has 2 aromatic rings. The third-order valence-corrected chi connectivity index (χ3v) is 3.19. The van der Waals surface area contributed by atoms with Crippen molar-refractivity contribution >= 4 is 38.5 Å². The van der Waals surface area contributed by atoms with Crippen molar-refractivity contribution in [3.63, 3.8) is 0 Å². The normalized spacial score (nSPS) is 12.3. The summed E-state index contributed by atoms with van der Waals surface area (Å²) in [5, 5.41) is 5.12. The van der Waals surface area contributed by atoms with Crippen molar-refractivity contribution in [1.82, 2.24) is 5.32 Å². The SMILES string of the molecule is CC(C)(C)NCc1cc2cc(Cl)cc(Br)c2o1. The Hall–Kier alpha value is -0.510. The Kier molecular flexibility index (Phi) is 3.53. The van der Waals surface area contributed by atoms with Crippen LogP contribution in [-0.2, 0) is 6.54 Å². The minimum atomic E-state index is 0.0772. The number of rotatable bonds is 2. The topological polar surface area (TPSA) is 25.2 Å². The van der Waals surface area contributed by atoms with Crippen molar-refractivity contribution in [2.75, 3.05) is 0 Å². The summed E-state index contributed by atoms with van der Waals surface area (Å²) in [4.78, 5) is 0. The van der Waals surface area contributed by atoms with Crippen LogP contribution < -0.4 is 5.32 Å². The van der Waals surface area contributed by atoms with Crippen LogP contribution in [0.2, 0.25) is 5.02 Å². The number of halogens is 2. The van der Waals surface area contributed by atoms with Crippen molar-refractivity contribution in [3.05, 3.63) is 33.5 Å². The van der Waals surface area contributed by atoms with Crippen LogP contribution in [0.1, 0.15) is 26.5 Å². The van der Waals surface area contributed by atoms with Crippen LogP contribution in [0.5, 0.6) is 0 Å². The van der Waals surface area contributed by atoms with Gasteiger partial charge in [-0.25, -0.2) is 0 Å². The van der Waals surface area contributed by atoms with Gasteiger partial charge in [-0.05, 0) is 54.9 Å². The van der Waals surface area contributed by atoms with Gasteiger partial charge in [0.1, 0.15) is 11.3 Å². The van der Waals surface area contributed by atoms with E-state index in [1.54, 1.807) is 0 Å². The largest absolute Gasteiger partial charge is 0.459 e. The van der Waals surface area contributed by atoms with Gasteiger partial charge in [0.05, 0.1) is 11.0 Å². The van der Waals surface area contributed by atoms with Crippen molar-refractivity contribution in [2.24, 2.45) is 0 Å². The summed E-state index contributed by atoms with van der Waals surface area (Å²) in [6.07, 6.45) is 0. The minimum absolute atomic E-state index is 0.0772. The molecule has 4 heteroatoms. The maximum absolute atomic E-state index is 6.00. The lowest BCUT2D eigenvalue weighted by atomic mass is 10.1. The predicted molar refractivity (Wildman–Crippen MR) is 75.5 cm³/mol. The zero-order valence-electron chi connectivity index (χ0n) is 10.1. The molecule has 0 radical (unpaired) electrons. The Labute approximate surface area is 114 Å². The minimum Gasteiger partial charge on any atom is -0.459 e. The number of fused-ring (bicyclic) bond motifs is 1. The van der Waals surface area contributed by atoms with Gasteiger partial charge in [-0.2, -0.15) is 0 Å². The molecule has 17 heavy (non-hydrogen) atoms. The van der Waals surface area contributed by atoms with Crippen molar-refractivity contribution < 1.29 is 4.42 Å². The van der Waals surface area contributed by atoms with E-state index in [2.05, 4.69) is 42.0 Å². The molecule has 2 rings (SSSR count). The fourth-order valence-corrected chi connectivity index (χ4v) is 2.48. The molecule has 1 aromatic heterocycles. The third kappa shape index (κ3) is 3.24. The first-order valence-corrected chi connectivity index (χ1v) is 6.65. The number of hydrogen-bond acceptors (Lipinski definition) is 2. The zero-order valence-corrected chi connectivity index (χ0v) is 12.4. The molecule has 0 aliphatic heterocycles. The molecule has 0 aliphatic rings. The van der Waals surface area contributed by atoms with E-state index in [-0.39, 0.29) is 5.54 Å². The first-order chi connectivity index (χ1) is 7.85. The molecule has 0 unspecified atom stereocenters. The summed E-state index contributed by atoms with van der Waals surface area (Å²) in [6, 6.07) is 5.77. The van der Waals surface area contributed by atoms with E-state index in [0.717, 1.165) is 21.2 Å². The lowest BCUT2D eigenvalue weighted by molar-refractivity contribution is 0.395. The van der Waals surface area contributed by atoms with E-state index >= 15 is 0 Å². The quantitative estimate of drug-likeness (QED) is 0.866. The van der Waals surface area contributed by atoms with Gasteiger partial charge in [0.15, 0.2) is 0 Å². The van der Waals surface area contributed by atoms with Gasteiger partial charge >= 0.3 is 0 Å². The van der Waals surface area contributed by atoms with Crippen LogP contribution in [0.3, 0.4) is 0 Å². The van der Waals surface area contributed by atoms with Gasteiger partial charge < -0.3 is 9.73 Å². The molecule has 0 fully saturated rings. The molecule has 1 heterocycles. The third-order valence-electron chi connectivity index (χ3n) is 2.38. The Morgan fingerprint density at radius 1 is 1.29 bits per heavy atom. The number of hydrogen-bond donors (Lipinski definition) is 1. The van der Waals surface area contributed by atoms with Gasteiger partial charge in [-0.15, -0.1) is 0 Å². The Morgan fingerprint density at radius 3 is 2.65 bits per heavy atom. The smallest absolute Gasteiger partial charge is 0.148 e. The molecule has 0 saturated heterocycles. The molecule has 2 nitrogen and oxygen atoms in total. The number of benzene rings is 1. The highest BCUT2D eigenvalue weighted by Gasteiger charge is 2.12. The zero-order chi connectivity index (χ0) is 12.6. The summed E-state index contributed by atoms with van der Waals surface area (Å²) in [5.41, 5.74) is 0.925. The summed E-state index contributed by atoms with van der Waals surface area (Å²) in [6.45, 7) is 7.09. The van der Waals surface area contributed by atoms with Gasteiger partial charge in [0, 0.05) is 15.9 Å². The average molecular weight is 317 g/mol. The molecule has 0 saturated carbocycles. The molecule has 0 amide bonds. The van der Waals surface area contributed by atoms with E-state index in [0.29, 0.717) is 11.6 Å². The molecule has 0 atom stereocenters. The van der Waals surface area contributed by atoms with E-state index in [1.165, 1.54) is 0 Å². The van der Waals surface area contributed by atoms with Crippen molar-refractivity contribution in [3.8, 4) is 0 Å². The first kappa shape index (κ1) is 12.9. The van der Waals surface area contributed by atoms with Gasteiger partial charge in [0.25, 0.3) is 0 Å². The maximum atomic E-state index is 6.00. The van der Waals surface area contributed by atoms with Gasteiger partial charge in [-0.1, -0.05) is 11.6 Å². The summed E-state index contributed by atoms with van der Waals surface area (Å²) >= 11 is 9.45. The number of furan rings is 1. The lowest BCUT2D eigenvalue weighted by Gasteiger charge is -2.19. The highest BCUT2D eigenvalue weighted by atomic mass is 79.9.